The molecule has 2 unspecified atom stereocenters. The second kappa shape index (κ2) is 8.42. The first-order chi connectivity index (χ1) is 9.43. The summed E-state index contributed by atoms with van der Waals surface area (Å²) in [6.07, 6.45) is 2.10. The van der Waals surface area contributed by atoms with E-state index in [0.717, 1.165) is 17.3 Å². The van der Waals surface area contributed by atoms with Gasteiger partial charge in [0.25, 0.3) is 0 Å². The Morgan fingerprint density at radius 1 is 1.20 bits per heavy atom. The van der Waals surface area contributed by atoms with Crippen LogP contribution >= 0.6 is 15.9 Å². The zero-order valence-corrected chi connectivity index (χ0v) is 14.3. The zero-order valence-electron chi connectivity index (χ0n) is 12.7. The highest BCUT2D eigenvalue weighted by Crippen LogP contribution is 2.16. The van der Waals surface area contributed by atoms with E-state index in [0.29, 0.717) is 0 Å². The van der Waals surface area contributed by atoms with Crippen LogP contribution in [0.15, 0.2) is 28.7 Å². The van der Waals surface area contributed by atoms with E-state index in [-0.39, 0.29) is 24.0 Å². The summed E-state index contributed by atoms with van der Waals surface area (Å²) < 4.78 is 1.06. The number of carbonyl (C=O) groups excluding carboxylic acids is 1. The van der Waals surface area contributed by atoms with Gasteiger partial charge >= 0.3 is 0 Å². The van der Waals surface area contributed by atoms with Crippen molar-refractivity contribution in [2.45, 2.75) is 58.7 Å². The molecule has 0 bridgehead atoms. The number of nitrogens with one attached hydrogen (secondary N) is 2. The van der Waals surface area contributed by atoms with E-state index < -0.39 is 0 Å². The minimum Gasteiger partial charge on any atom is -0.352 e. The molecule has 3 atom stereocenters. The summed E-state index contributed by atoms with van der Waals surface area (Å²) in [6.45, 7) is 8.15. The molecule has 112 valence electrons. The van der Waals surface area contributed by atoms with E-state index in [1.165, 1.54) is 5.56 Å². The van der Waals surface area contributed by atoms with E-state index in [9.17, 15) is 4.79 Å². The van der Waals surface area contributed by atoms with Crippen LogP contribution in [0.25, 0.3) is 0 Å². The predicted molar refractivity (Wildman–Crippen MR) is 87.7 cm³/mol. The first-order valence-electron chi connectivity index (χ1n) is 7.26. The van der Waals surface area contributed by atoms with Crippen molar-refractivity contribution in [2.75, 3.05) is 0 Å². The molecule has 0 saturated heterocycles. The Morgan fingerprint density at radius 3 is 2.35 bits per heavy atom. The average Bonchev–Trinajstić information content (AvgIpc) is 2.39. The molecule has 0 fully saturated rings. The number of benzene rings is 1. The molecular formula is C16H25BrN2O. The number of hydrogen-bond donors (Lipinski definition) is 2. The molecule has 1 rings (SSSR count). The van der Waals surface area contributed by atoms with Gasteiger partial charge in [0.05, 0.1) is 6.04 Å². The maximum Gasteiger partial charge on any atom is 0.237 e. The van der Waals surface area contributed by atoms with Crippen molar-refractivity contribution in [2.24, 2.45) is 0 Å². The molecule has 0 heterocycles. The Balaban J connectivity index is 2.50. The largest absolute Gasteiger partial charge is 0.352 e. The predicted octanol–water partition coefficient (Wildman–Crippen LogP) is 3.79. The van der Waals surface area contributed by atoms with Gasteiger partial charge < -0.3 is 5.32 Å². The number of halogens is 1. The summed E-state index contributed by atoms with van der Waals surface area (Å²) >= 11 is 3.43. The molecule has 0 aliphatic heterocycles. The van der Waals surface area contributed by atoms with Crippen molar-refractivity contribution in [3.63, 3.8) is 0 Å². The van der Waals surface area contributed by atoms with Crippen molar-refractivity contribution >= 4 is 21.8 Å². The lowest BCUT2D eigenvalue weighted by Crippen LogP contribution is -2.46. The van der Waals surface area contributed by atoms with Gasteiger partial charge in [0, 0.05) is 16.6 Å². The molecule has 0 aliphatic carbocycles. The lowest BCUT2D eigenvalue weighted by Gasteiger charge is -2.22. The first kappa shape index (κ1) is 17.2. The van der Waals surface area contributed by atoms with Crippen LogP contribution in [0.4, 0.5) is 0 Å². The fourth-order valence-corrected chi connectivity index (χ4v) is 2.44. The van der Waals surface area contributed by atoms with Gasteiger partial charge in [0.2, 0.25) is 5.91 Å². The fourth-order valence-electron chi connectivity index (χ4n) is 2.17. The minimum absolute atomic E-state index is 0.0647. The smallest absolute Gasteiger partial charge is 0.237 e. The molecule has 0 spiro atoms. The monoisotopic (exact) mass is 340 g/mol. The van der Waals surface area contributed by atoms with Gasteiger partial charge in [-0.3, -0.25) is 10.1 Å². The summed E-state index contributed by atoms with van der Waals surface area (Å²) in [4.78, 5) is 12.1. The summed E-state index contributed by atoms with van der Waals surface area (Å²) in [6, 6.07) is 8.33. The van der Waals surface area contributed by atoms with Gasteiger partial charge in [-0.15, -0.1) is 0 Å². The number of carbonyl (C=O) groups is 1. The van der Waals surface area contributed by atoms with Gasteiger partial charge in [-0.2, -0.15) is 0 Å². The maximum absolute atomic E-state index is 12.1. The molecule has 0 radical (unpaired) electrons. The van der Waals surface area contributed by atoms with Crippen LogP contribution in [0.3, 0.4) is 0 Å². The molecule has 0 saturated carbocycles. The van der Waals surface area contributed by atoms with Crippen molar-refractivity contribution in [3.05, 3.63) is 34.3 Å². The zero-order chi connectivity index (χ0) is 15.1. The Hall–Kier alpha value is -0.870. The second-order valence-corrected chi connectivity index (χ2v) is 6.28. The van der Waals surface area contributed by atoms with Crippen LogP contribution in [-0.4, -0.2) is 18.0 Å². The Morgan fingerprint density at radius 2 is 1.80 bits per heavy atom. The lowest BCUT2D eigenvalue weighted by atomic mass is 10.1. The molecular weight excluding hydrogens is 316 g/mol. The van der Waals surface area contributed by atoms with Crippen molar-refractivity contribution in [1.82, 2.24) is 10.6 Å². The average molecular weight is 341 g/mol. The number of amides is 1. The van der Waals surface area contributed by atoms with Gasteiger partial charge in [-0.1, -0.05) is 41.4 Å². The van der Waals surface area contributed by atoms with Crippen LogP contribution < -0.4 is 10.6 Å². The van der Waals surface area contributed by atoms with Crippen LogP contribution in [0.1, 0.15) is 52.1 Å². The third-order valence-corrected chi connectivity index (χ3v) is 3.90. The molecule has 4 heteroatoms. The first-order valence-corrected chi connectivity index (χ1v) is 8.05. The maximum atomic E-state index is 12.1. The van der Waals surface area contributed by atoms with Gasteiger partial charge in [0.1, 0.15) is 0 Å². The van der Waals surface area contributed by atoms with E-state index >= 15 is 0 Å². The van der Waals surface area contributed by atoms with Crippen LogP contribution in [0.5, 0.6) is 0 Å². The Labute approximate surface area is 130 Å². The SMILES string of the molecule is CCCC(C)NC(=O)C(C)N[C@H](C)c1ccc(Br)cc1. The molecule has 1 aromatic rings. The standard InChI is InChI=1S/C16H25BrN2O/c1-5-6-11(2)18-16(20)13(4)19-12(3)14-7-9-15(17)10-8-14/h7-13,19H,5-6H2,1-4H3,(H,18,20)/t11?,12-,13?/m1/s1. The topological polar surface area (TPSA) is 41.1 Å². The Bertz CT molecular complexity index is 419. The van der Waals surface area contributed by atoms with Crippen LogP contribution in [0.2, 0.25) is 0 Å². The molecule has 3 nitrogen and oxygen atoms in total. The Kier molecular flexibility index (Phi) is 7.24. The lowest BCUT2D eigenvalue weighted by molar-refractivity contribution is -0.123. The highest BCUT2D eigenvalue weighted by molar-refractivity contribution is 9.10. The molecule has 0 aromatic heterocycles. The van der Waals surface area contributed by atoms with Gasteiger partial charge in [-0.25, -0.2) is 0 Å². The molecule has 20 heavy (non-hydrogen) atoms. The summed E-state index contributed by atoms with van der Waals surface area (Å²) in [5, 5.41) is 6.37. The summed E-state index contributed by atoms with van der Waals surface area (Å²) in [5.41, 5.74) is 1.18. The minimum atomic E-state index is -0.201. The third-order valence-electron chi connectivity index (χ3n) is 3.37. The summed E-state index contributed by atoms with van der Waals surface area (Å²) in [7, 11) is 0. The number of hydrogen-bond acceptors (Lipinski definition) is 2. The van der Waals surface area contributed by atoms with E-state index in [2.05, 4.69) is 52.5 Å². The molecule has 2 N–H and O–H groups in total. The highest BCUT2D eigenvalue weighted by atomic mass is 79.9. The van der Waals surface area contributed by atoms with E-state index in [1.807, 2.05) is 26.0 Å². The molecule has 0 aliphatic rings. The highest BCUT2D eigenvalue weighted by Gasteiger charge is 2.17. The van der Waals surface area contributed by atoms with E-state index in [1.54, 1.807) is 0 Å². The molecule has 1 amide bonds. The summed E-state index contributed by atoms with van der Waals surface area (Å²) in [5.74, 6) is 0.0647. The van der Waals surface area contributed by atoms with Crippen molar-refractivity contribution in [3.8, 4) is 0 Å². The number of rotatable bonds is 7. The third kappa shape index (κ3) is 5.63. The quantitative estimate of drug-likeness (QED) is 0.792. The van der Waals surface area contributed by atoms with Gasteiger partial charge in [-0.05, 0) is 44.9 Å². The van der Waals surface area contributed by atoms with Gasteiger partial charge in [0.15, 0.2) is 0 Å². The fraction of sp³-hybridized carbons (Fsp3) is 0.562. The van der Waals surface area contributed by atoms with Crippen LogP contribution in [-0.2, 0) is 4.79 Å². The van der Waals surface area contributed by atoms with E-state index in [4.69, 9.17) is 0 Å². The van der Waals surface area contributed by atoms with Crippen molar-refractivity contribution in [1.29, 1.82) is 0 Å². The molecule has 1 aromatic carbocycles. The van der Waals surface area contributed by atoms with Crippen molar-refractivity contribution < 1.29 is 4.79 Å². The second-order valence-electron chi connectivity index (χ2n) is 5.36. The normalized spacial score (nSPS) is 15.4. The van der Waals surface area contributed by atoms with Crippen LogP contribution in [0, 0.1) is 0 Å².